The second kappa shape index (κ2) is 6.80. The van der Waals surface area contributed by atoms with Crippen molar-refractivity contribution in [2.75, 3.05) is 25.0 Å². The molecule has 4 amide bonds. The number of benzene rings is 2. The normalized spacial score (nSPS) is 18.6. The van der Waals surface area contributed by atoms with E-state index in [4.69, 9.17) is 5.73 Å². The average Bonchev–Trinajstić information content (AvgIpc) is 2.82. The first kappa shape index (κ1) is 17.7. The Bertz CT molecular complexity index is 989. The van der Waals surface area contributed by atoms with Crippen LogP contribution in [0.15, 0.2) is 48.5 Å². The van der Waals surface area contributed by atoms with Gasteiger partial charge in [-0.25, -0.2) is 0 Å². The summed E-state index contributed by atoms with van der Waals surface area (Å²) in [5.41, 5.74) is 7.70. The molecule has 2 aliphatic heterocycles. The molecular weight excluding hydrogens is 360 g/mol. The number of nitrogens with zero attached hydrogens (tertiary/aromatic N) is 2. The average molecular weight is 378 g/mol. The number of amides is 4. The molecule has 2 heterocycles. The van der Waals surface area contributed by atoms with E-state index in [1.54, 1.807) is 12.1 Å². The summed E-state index contributed by atoms with van der Waals surface area (Å²) in [7, 11) is 0. The Balaban J connectivity index is 1.67. The number of nitrogens with one attached hydrogen (secondary N) is 1. The zero-order valence-corrected chi connectivity index (χ0v) is 14.9. The Morgan fingerprint density at radius 2 is 1.75 bits per heavy atom. The smallest absolute Gasteiger partial charge is 0.311 e. The van der Waals surface area contributed by atoms with Crippen LogP contribution in [-0.2, 0) is 14.4 Å². The fourth-order valence-corrected chi connectivity index (χ4v) is 3.60. The van der Waals surface area contributed by atoms with Crippen LogP contribution in [0.2, 0.25) is 0 Å². The maximum absolute atomic E-state index is 13.1. The van der Waals surface area contributed by atoms with Gasteiger partial charge in [0.05, 0.1) is 17.8 Å². The van der Waals surface area contributed by atoms with Crippen LogP contribution in [0.4, 0.5) is 5.69 Å². The fraction of sp³-hybridized carbons (Fsp3) is 0.200. The van der Waals surface area contributed by atoms with Gasteiger partial charge < -0.3 is 20.9 Å². The quantitative estimate of drug-likeness (QED) is 0.701. The number of carbonyl (C=O) groups is 4. The standard InChI is InChI=1S/C20H18N4O4/c21-17(25)20(28)23-8-9-24-16(11-23)18(26)22-15-7-6-13(10-14(15)19(24)27)12-4-2-1-3-5-12/h1-7,10,16H,8-9,11H2,(H2,21,25)(H,22,26)/t16-/m1/s1. The highest BCUT2D eigenvalue weighted by Gasteiger charge is 2.41. The number of hydrogen-bond acceptors (Lipinski definition) is 4. The number of primary amides is 1. The van der Waals surface area contributed by atoms with Crippen molar-refractivity contribution in [2.45, 2.75) is 6.04 Å². The molecule has 1 fully saturated rings. The number of anilines is 1. The maximum Gasteiger partial charge on any atom is 0.311 e. The first-order chi connectivity index (χ1) is 13.5. The number of rotatable bonds is 1. The monoisotopic (exact) mass is 378 g/mol. The molecule has 142 valence electrons. The molecule has 0 aromatic heterocycles. The minimum absolute atomic E-state index is 0.0706. The van der Waals surface area contributed by atoms with Gasteiger partial charge in [-0.2, -0.15) is 0 Å². The van der Waals surface area contributed by atoms with Gasteiger partial charge in [0.2, 0.25) is 5.91 Å². The second-order valence-corrected chi connectivity index (χ2v) is 6.75. The third-order valence-electron chi connectivity index (χ3n) is 5.06. The molecule has 0 radical (unpaired) electrons. The highest BCUT2D eigenvalue weighted by atomic mass is 16.2. The number of fused-ring (bicyclic) bond motifs is 2. The molecule has 4 rings (SSSR count). The molecule has 0 bridgehead atoms. The molecule has 3 N–H and O–H groups in total. The number of piperazine rings is 1. The van der Waals surface area contributed by atoms with Gasteiger partial charge in [0.15, 0.2) is 0 Å². The lowest BCUT2D eigenvalue weighted by Gasteiger charge is -2.38. The highest BCUT2D eigenvalue weighted by Crippen LogP contribution is 2.30. The van der Waals surface area contributed by atoms with Gasteiger partial charge in [0.1, 0.15) is 6.04 Å². The number of nitrogens with two attached hydrogens (primary N) is 1. The van der Waals surface area contributed by atoms with E-state index in [1.807, 2.05) is 36.4 Å². The summed E-state index contributed by atoms with van der Waals surface area (Å²) in [6.07, 6.45) is 0. The summed E-state index contributed by atoms with van der Waals surface area (Å²) in [5.74, 6) is -2.62. The van der Waals surface area contributed by atoms with Crippen molar-refractivity contribution in [3.8, 4) is 11.1 Å². The van der Waals surface area contributed by atoms with E-state index in [0.717, 1.165) is 11.1 Å². The molecule has 8 nitrogen and oxygen atoms in total. The second-order valence-electron chi connectivity index (χ2n) is 6.75. The highest BCUT2D eigenvalue weighted by molar-refractivity contribution is 6.34. The van der Waals surface area contributed by atoms with Crippen molar-refractivity contribution in [3.05, 3.63) is 54.1 Å². The van der Waals surface area contributed by atoms with Crippen molar-refractivity contribution in [3.63, 3.8) is 0 Å². The molecule has 0 spiro atoms. The van der Waals surface area contributed by atoms with Gasteiger partial charge in [-0.15, -0.1) is 0 Å². The SMILES string of the molecule is NC(=O)C(=O)N1CCN2C(=O)c3cc(-c4ccccc4)ccc3NC(=O)[C@H]2C1. The third kappa shape index (κ3) is 2.98. The fourth-order valence-electron chi connectivity index (χ4n) is 3.60. The van der Waals surface area contributed by atoms with E-state index in [0.29, 0.717) is 11.3 Å². The molecule has 8 heteroatoms. The molecule has 0 aliphatic carbocycles. The topological polar surface area (TPSA) is 113 Å². The summed E-state index contributed by atoms with van der Waals surface area (Å²) < 4.78 is 0. The number of carbonyl (C=O) groups excluding carboxylic acids is 4. The minimum atomic E-state index is -1.08. The summed E-state index contributed by atoms with van der Waals surface area (Å²) in [4.78, 5) is 51.6. The Hall–Kier alpha value is -3.68. The van der Waals surface area contributed by atoms with E-state index in [1.165, 1.54) is 9.80 Å². The van der Waals surface area contributed by atoms with Crippen LogP contribution < -0.4 is 11.1 Å². The van der Waals surface area contributed by atoms with Crippen molar-refractivity contribution in [1.29, 1.82) is 0 Å². The van der Waals surface area contributed by atoms with E-state index in [9.17, 15) is 19.2 Å². The van der Waals surface area contributed by atoms with E-state index >= 15 is 0 Å². The van der Waals surface area contributed by atoms with Gasteiger partial charge in [-0.05, 0) is 23.3 Å². The van der Waals surface area contributed by atoms with Gasteiger partial charge in [-0.3, -0.25) is 19.2 Å². The lowest BCUT2D eigenvalue weighted by Crippen LogP contribution is -2.60. The van der Waals surface area contributed by atoms with Crippen molar-refractivity contribution in [1.82, 2.24) is 9.80 Å². The Morgan fingerprint density at radius 3 is 2.46 bits per heavy atom. The van der Waals surface area contributed by atoms with Crippen molar-refractivity contribution >= 4 is 29.3 Å². The molecule has 28 heavy (non-hydrogen) atoms. The maximum atomic E-state index is 13.1. The van der Waals surface area contributed by atoms with Crippen LogP contribution in [0.5, 0.6) is 0 Å². The predicted molar refractivity (Wildman–Crippen MR) is 101 cm³/mol. The lowest BCUT2D eigenvalue weighted by molar-refractivity contribution is -0.146. The molecule has 1 saturated heterocycles. The van der Waals surface area contributed by atoms with Crippen LogP contribution in [0.1, 0.15) is 10.4 Å². The summed E-state index contributed by atoms with van der Waals surface area (Å²) in [6.45, 7) is 0.217. The predicted octanol–water partition coefficient (Wildman–Crippen LogP) is 0.444. The lowest BCUT2D eigenvalue weighted by atomic mass is 10.0. The molecular formula is C20H18N4O4. The van der Waals surface area contributed by atoms with Crippen LogP contribution in [0.25, 0.3) is 11.1 Å². The molecule has 0 unspecified atom stereocenters. The van der Waals surface area contributed by atoms with Crippen molar-refractivity contribution < 1.29 is 19.2 Å². The number of hydrogen-bond donors (Lipinski definition) is 2. The molecule has 2 aromatic rings. The summed E-state index contributed by atoms with van der Waals surface area (Å²) >= 11 is 0. The first-order valence-electron chi connectivity index (χ1n) is 8.85. The van der Waals surface area contributed by atoms with Crippen molar-refractivity contribution in [2.24, 2.45) is 5.73 Å². The third-order valence-corrected chi connectivity index (χ3v) is 5.06. The molecule has 2 aliphatic rings. The van der Waals surface area contributed by atoms with Crippen LogP contribution >= 0.6 is 0 Å². The zero-order chi connectivity index (χ0) is 19.8. The van der Waals surface area contributed by atoms with Gasteiger partial charge in [-0.1, -0.05) is 36.4 Å². The molecule has 1 atom stereocenters. The van der Waals surface area contributed by atoms with Crippen LogP contribution in [0, 0.1) is 0 Å². The summed E-state index contributed by atoms with van der Waals surface area (Å²) in [5, 5.41) is 2.76. The van der Waals surface area contributed by atoms with Gasteiger partial charge in [0.25, 0.3) is 5.91 Å². The zero-order valence-electron chi connectivity index (χ0n) is 14.9. The minimum Gasteiger partial charge on any atom is -0.361 e. The Labute approximate surface area is 160 Å². The molecule has 2 aromatic carbocycles. The van der Waals surface area contributed by atoms with E-state index in [-0.39, 0.29) is 25.5 Å². The van der Waals surface area contributed by atoms with E-state index < -0.39 is 23.8 Å². The van der Waals surface area contributed by atoms with Gasteiger partial charge >= 0.3 is 11.8 Å². The Morgan fingerprint density at radius 1 is 1.00 bits per heavy atom. The first-order valence-corrected chi connectivity index (χ1v) is 8.85. The summed E-state index contributed by atoms with van der Waals surface area (Å²) in [6, 6.07) is 14.1. The van der Waals surface area contributed by atoms with Crippen LogP contribution in [0.3, 0.4) is 0 Å². The van der Waals surface area contributed by atoms with Gasteiger partial charge in [0, 0.05) is 13.1 Å². The van der Waals surface area contributed by atoms with E-state index in [2.05, 4.69) is 5.32 Å². The molecule has 0 saturated carbocycles. The largest absolute Gasteiger partial charge is 0.361 e. The van der Waals surface area contributed by atoms with Crippen LogP contribution in [-0.4, -0.2) is 59.1 Å². The Kier molecular flexibility index (Phi) is 4.31.